The van der Waals surface area contributed by atoms with Crippen LogP contribution >= 0.6 is 0 Å². The molecule has 1 amide bonds. The molecule has 1 saturated carbocycles. The van der Waals surface area contributed by atoms with Crippen LogP contribution in [0.25, 0.3) is 0 Å². The molecule has 1 aliphatic heterocycles. The summed E-state index contributed by atoms with van der Waals surface area (Å²) in [6.45, 7) is 1.36. The Kier molecular flexibility index (Phi) is 3.76. The van der Waals surface area contributed by atoms with Crippen molar-refractivity contribution in [2.75, 3.05) is 37.8 Å². The zero-order valence-corrected chi connectivity index (χ0v) is 12.8. The second kappa shape index (κ2) is 5.56. The normalized spacial score (nSPS) is 22.5. The molecule has 0 bridgehead atoms. The number of benzene rings is 1. The van der Waals surface area contributed by atoms with Crippen molar-refractivity contribution in [1.29, 1.82) is 0 Å². The number of carbonyl (C=O) groups excluding carboxylic acids is 1. The lowest BCUT2D eigenvalue weighted by molar-refractivity contribution is -0.122. The van der Waals surface area contributed by atoms with Crippen molar-refractivity contribution < 1.29 is 4.79 Å². The minimum atomic E-state index is -0.209. The van der Waals surface area contributed by atoms with E-state index in [1.807, 2.05) is 24.3 Å². The van der Waals surface area contributed by atoms with Crippen molar-refractivity contribution >= 4 is 17.3 Å². The van der Waals surface area contributed by atoms with Gasteiger partial charge >= 0.3 is 0 Å². The van der Waals surface area contributed by atoms with Crippen LogP contribution in [0.4, 0.5) is 11.4 Å². The second-order valence-electron chi connectivity index (χ2n) is 6.31. The van der Waals surface area contributed by atoms with E-state index in [0.717, 1.165) is 17.9 Å². The molecule has 1 unspecified atom stereocenters. The summed E-state index contributed by atoms with van der Waals surface area (Å²) in [5.41, 5.74) is 2.22. The van der Waals surface area contributed by atoms with Crippen molar-refractivity contribution in [3.63, 3.8) is 0 Å². The fourth-order valence-electron chi connectivity index (χ4n) is 3.11. The van der Waals surface area contributed by atoms with E-state index >= 15 is 0 Å². The Labute approximate surface area is 126 Å². The molecule has 0 saturated heterocycles. The first-order chi connectivity index (χ1) is 10.1. The Morgan fingerprint density at radius 2 is 2.05 bits per heavy atom. The van der Waals surface area contributed by atoms with Crippen molar-refractivity contribution in [3.05, 3.63) is 24.3 Å². The molecule has 1 aliphatic carbocycles. The summed E-state index contributed by atoms with van der Waals surface area (Å²) in [6.07, 6.45) is 3.59. The quantitative estimate of drug-likeness (QED) is 0.786. The van der Waals surface area contributed by atoms with Crippen LogP contribution in [0.3, 0.4) is 0 Å². The maximum atomic E-state index is 12.4. The first-order valence-corrected chi connectivity index (χ1v) is 7.65. The monoisotopic (exact) mass is 288 g/mol. The highest BCUT2D eigenvalue weighted by Crippen LogP contribution is 2.35. The van der Waals surface area contributed by atoms with Gasteiger partial charge in [0, 0.05) is 18.6 Å². The van der Waals surface area contributed by atoms with Gasteiger partial charge in [-0.15, -0.1) is 0 Å². The minimum absolute atomic E-state index is 0.0742. The number of anilines is 2. The van der Waals surface area contributed by atoms with Crippen LogP contribution in [-0.4, -0.2) is 49.6 Å². The molecule has 1 atom stereocenters. The third-order valence-electron chi connectivity index (χ3n) is 4.89. The van der Waals surface area contributed by atoms with Crippen LogP contribution in [0, 0.1) is 0 Å². The number of hydrogen-bond acceptors (Lipinski definition) is 4. The zero-order valence-electron chi connectivity index (χ0n) is 12.8. The Hall–Kier alpha value is -1.75. The van der Waals surface area contributed by atoms with Gasteiger partial charge < -0.3 is 20.9 Å². The fraction of sp³-hybridized carbons (Fsp3) is 0.562. The Balaban J connectivity index is 1.57. The molecule has 0 spiro atoms. The summed E-state index contributed by atoms with van der Waals surface area (Å²) in [7, 11) is 4.20. The van der Waals surface area contributed by atoms with E-state index in [1.54, 1.807) is 0 Å². The topological polar surface area (TPSA) is 56.4 Å². The first kappa shape index (κ1) is 14.2. The molecule has 1 heterocycles. The van der Waals surface area contributed by atoms with Crippen LogP contribution in [0.15, 0.2) is 24.3 Å². The predicted octanol–water partition coefficient (Wildman–Crippen LogP) is 1.49. The SMILES string of the molecule is CN(C)C1(CNC(=O)C2CNc3ccccc3N2)CCC1. The number of fused-ring (bicyclic) bond motifs is 1. The molecule has 1 aromatic rings. The number of hydrogen-bond donors (Lipinski definition) is 3. The number of likely N-dealkylation sites (N-methyl/N-ethyl adjacent to an activating group) is 1. The molecule has 21 heavy (non-hydrogen) atoms. The molecule has 1 fully saturated rings. The van der Waals surface area contributed by atoms with Gasteiger partial charge in [0.05, 0.1) is 11.4 Å². The van der Waals surface area contributed by atoms with Gasteiger partial charge in [0.1, 0.15) is 6.04 Å². The van der Waals surface area contributed by atoms with E-state index < -0.39 is 0 Å². The molecule has 3 rings (SSSR count). The number of nitrogens with zero attached hydrogens (tertiary/aromatic N) is 1. The number of nitrogens with one attached hydrogen (secondary N) is 3. The third-order valence-corrected chi connectivity index (χ3v) is 4.89. The highest BCUT2D eigenvalue weighted by Gasteiger charge is 2.39. The van der Waals surface area contributed by atoms with Crippen molar-refractivity contribution in [2.24, 2.45) is 0 Å². The average molecular weight is 288 g/mol. The summed E-state index contributed by atoms with van der Waals surface area (Å²) in [5.74, 6) is 0.0742. The summed E-state index contributed by atoms with van der Waals surface area (Å²) in [6, 6.07) is 7.77. The average Bonchev–Trinajstić information content (AvgIpc) is 2.45. The van der Waals surface area contributed by atoms with Gasteiger partial charge in [0.2, 0.25) is 5.91 Å². The number of para-hydroxylation sites is 2. The minimum Gasteiger partial charge on any atom is -0.381 e. The van der Waals surface area contributed by atoms with Gasteiger partial charge in [-0.3, -0.25) is 4.79 Å². The lowest BCUT2D eigenvalue weighted by atomic mass is 9.75. The second-order valence-corrected chi connectivity index (χ2v) is 6.31. The molecule has 3 N–H and O–H groups in total. The Morgan fingerprint density at radius 3 is 2.67 bits per heavy atom. The lowest BCUT2D eigenvalue weighted by Gasteiger charge is -2.47. The highest BCUT2D eigenvalue weighted by atomic mass is 16.2. The van der Waals surface area contributed by atoms with Crippen LogP contribution < -0.4 is 16.0 Å². The van der Waals surface area contributed by atoms with Crippen LogP contribution in [0.2, 0.25) is 0 Å². The predicted molar refractivity (Wildman–Crippen MR) is 85.6 cm³/mol. The Bertz CT molecular complexity index is 525. The summed E-state index contributed by atoms with van der Waals surface area (Å²) in [5, 5.41) is 9.74. The molecule has 114 valence electrons. The molecule has 5 nitrogen and oxygen atoms in total. The van der Waals surface area contributed by atoms with Crippen molar-refractivity contribution in [3.8, 4) is 0 Å². The summed E-state index contributed by atoms with van der Waals surface area (Å²) >= 11 is 0. The van der Waals surface area contributed by atoms with Crippen LogP contribution in [0.1, 0.15) is 19.3 Å². The molecule has 0 radical (unpaired) electrons. The summed E-state index contributed by atoms with van der Waals surface area (Å²) < 4.78 is 0. The number of carbonyl (C=O) groups is 1. The van der Waals surface area contributed by atoms with Gasteiger partial charge in [-0.05, 0) is 45.5 Å². The van der Waals surface area contributed by atoms with E-state index in [-0.39, 0.29) is 17.5 Å². The van der Waals surface area contributed by atoms with Gasteiger partial charge in [0.25, 0.3) is 0 Å². The first-order valence-electron chi connectivity index (χ1n) is 7.65. The largest absolute Gasteiger partial charge is 0.381 e. The van der Waals surface area contributed by atoms with E-state index in [4.69, 9.17) is 0 Å². The lowest BCUT2D eigenvalue weighted by Crippen LogP contribution is -2.59. The maximum absolute atomic E-state index is 12.4. The van der Waals surface area contributed by atoms with Crippen molar-refractivity contribution in [1.82, 2.24) is 10.2 Å². The molecular formula is C16H24N4O. The standard InChI is InChI=1S/C16H24N4O/c1-20(2)16(8-5-9-16)11-18-15(21)14-10-17-12-6-3-4-7-13(12)19-14/h3-4,6-7,14,17,19H,5,8-11H2,1-2H3,(H,18,21). The molecular weight excluding hydrogens is 264 g/mol. The highest BCUT2D eigenvalue weighted by molar-refractivity contribution is 5.88. The smallest absolute Gasteiger partial charge is 0.244 e. The third kappa shape index (κ3) is 2.70. The van der Waals surface area contributed by atoms with E-state index in [2.05, 4.69) is 34.9 Å². The van der Waals surface area contributed by atoms with E-state index in [9.17, 15) is 4.79 Å². The molecule has 5 heteroatoms. The van der Waals surface area contributed by atoms with Gasteiger partial charge in [-0.1, -0.05) is 12.1 Å². The van der Waals surface area contributed by atoms with Crippen molar-refractivity contribution in [2.45, 2.75) is 30.8 Å². The fourth-order valence-corrected chi connectivity index (χ4v) is 3.11. The maximum Gasteiger partial charge on any atom is 0.244 e. The summed E-state index contributed by atoms with van der Waals surface area (Å²) in [4.78, 5) is 14.6. The van der Waals surface area contributed by atoms with Gasteiger partial charge in [0.15, 0.2) is 0 Å². The van der Waals surface area contributed by atoms with Crippen LogP contribution in [-0.2, 0) is 4.79 Å². The molecule has 2 aliphatic rings. The number of rotatable bonds is 4. The number of amides is 1. The van der Waals surface area contributed by atoms with E-state index in [1.165, 1.54) is 19.3 Å². The Morgan fingerprint density at radius 1 is 1.33 bits per heavy atom. The zero-order chi connectivity index (χ0) is 14.9. The molecule has 0 aromatic heterocycles. The van der Waals surface area contributed by atoms with Crippen LogP contribution in [0.5, 0.6) is 0 Å². The van der Waals surface area contributed by atoms with Gasteiger partial charge in [-0.25, -0.2) is 0 Å². The van der Waals surface area contributed by atoms with E-state index in [0.29, 0.717) is 6.54 Å². The van der Waals surface area contributed by atoms with Gasteiger partial charge in [-0.2, -0.15) is 0 Å². The molecule has 1 aromatic carbocycles.